The molecule has 2 saturated heterocycles. The zero-order chi connectivity index (χ0) is 22.2. The number of likely N-dealkylation sites (N-methyl/N-ethyl adjacent to an activating group) is 1. The van der Waals surface area contributed by atoms with E-state index in [-0.39, 0.29) is 18.0 Å². The number of pyridine rings is 1. The van der Waals surface area contributed by atoms with Gasteiger partial charge in [0.1, 0.15) is 17.7 Å². The predicted octanol–water partition coefficient (Wildman–Crippen LogP) is 1.64. The third-order valence-electron chi connectivity index (χ3n) is 6.59. The first-order chi connectivity index (χ1) is 15.5. The molecule has 2 atom stereocenters. The van der Waals surface area contributed by atoms with Crippen LogP contribution in [0.4, 0.5) is 23.3 Å². The molecule has 170 valence electrons. The molecule has 2 N–H and O–H groups in total. The number of aromatic nitrogens is 3. The Labute approximate surface area is 189 Å². The second-order valence-electron chi connectivity index (χ2n) is 9.44. The Balaban J connectivity index is 1.35. The third kappa shape index (κ3) is 3.97. The predicted molar refractivity (Wildman–Crippen MR) is 125 cm³/mol. The minimum atomic E-state index is -0.173. The fraction of sp³-hybridized carbons (Fsp3) is 0.565. The molecule has 0 saturated carbocycles. The number of fused-ring (bicyclic) bond motifs is 3. The fourth-order valence-corrected chi connectivity index (χ4v) is 5.08. The lowest BCUT2D eigenvalue weighted by molar-refractivity contribution is -0.133. The maximum atomic E-state index is 12.8. The molecule has 0 radical (unpaired) electrons. The highest BCUT2D eigenvalue weighted by Gasteiger charge is 2.45. The quantitative estimate of drug-likeness (QED) is 0.731. The number of nitrogens with zero attached hydrogens (tertiary/aromatic N) is 6. The summed E-state index contributed by atoms with van der Waals surface area (Å²) in [5, 5.41) is 6.62. The van der Waals surface area contributed by atoms with E-state index < -0.39 is 0 Å². The van der Waals surface area contributed by atoms with E-state index in [1.807, 2.05) is 30.4 Å². The van der Waals surface area contributed by atoms with Gasteiger partial charge in [-0.25, -0.2) is 9.97 Å². The number of nitrogens with one attached hydrogen (secondary N) is 2. The summed E-state index contributed by atoms with van der Waals surface area (Å²) < 4.78 is 0. The molecule has 0 aromatic carbocycles. The molecule has 2 aromatic heterocycles. The van der Waals surface area contributed by atoms with E-state index in [4.69, 9.17) is 4.98 Å². The minimum Gasteiger partial charge on any atom is -0.368 e. The Morgan fingerprint density at radius 3 is 2.72 bits per heavy atom. The highest BCUT2D eigenvalue weighted by Crippen LogP contribution is 2.37. The average molecular weight is 437 g/mol. The van der Waals surface area contributed by atoms with Crippen molar-refractivity contribution in [3.05, 3.63) is 30.1 Å². The van der Waals surface area contributed by atoms with E-state index in [1.54, 1.807) is 0 Å². The van der Waals surface area contributed by atoms with Gasteiger partial charge in [-0.1, -0.05) is 13.8 Å². The van der Waals surface area contributed by atoms with E-state index in [0.29, 0.717) is 24.1 Å². The average Bonchev–Trinajstić information content (AvgIpc) is 3.17. The van der Waals surface area contributed by atoms with Crippen molar-refractivity contribution in [2.24, 2.45) is 5.92 Å². The highest BCUT2D eigenvalue weighted by molar-refractivity contribution is 5.89. The summed E-state index contributed by atoms with van der Waals surface area (Å²) in [5.74, 6) is 2.83. The monoisotopic (exact) mass is 436 g/mol. The number of rotatable bonds is 5. The summed E-state index contributed by atoms with van der Waals surface area (Å²) in [6.45, 7) is 9.16. The molecule has 5 rings (SSSR count). The summed E-state index contributed by atoms with van der Waals surface area (Å²) in [5.41, 5.74) is 2.17. The van der Waals surface area contributed by atoms with E-state index in [9.17, 15) is 4.79 Å². The van der Waals surface area contributed by atoms with Crippen LogP contribution in [-0.4, -0.2) is 77.6 Å². The zero-order valence-electron chi connectivity index (χ0n) is 19.1. The Morgan fingerprint density at radius 1 is 1.19 bits per heavy atom. The van der Waals surface area contributed by atoms with Gasteiger partial charge in [0.2, 0.25) is 11.9 Å². The maximum absolute atomic E-state index is 12.8. The summed E-state index contributed by atoms with van der Waals surface area (Å²) in [6, 6.07) is 4.15. The van der Waals surface area contributed by atoms with Crippen LogP contribution in [-0.2, 0) is 11.2 Å². The maximum Gasteiger partial charge on any atom is 0.245 e. The van der Waals surface area contributed by atoms with Crippen LogP contribution >= 0.6 is 0 Å². The van der Waals surface area contributed by atoms with Gasteiger partial charge in [0.05, 0.1) is 11.9 Å². The number of hydrogen-bond acceptors (Lipinski definition) is 8. The lowest BCUT2D eigenvalue weighted by atomic mass is 9.98. The van der Waals surface area contributed by atoms with Crippen LogP contribution in [0.5, 0.6) is 0 Å². The number of carbonyl (C=O) groups is 1. The molecule has 2 unspecified atom stereocenters. The van der Waals surface area contributed by atoms with Crippen molar-refractivity contribution < 1.29 is 4.79 Å². The van der Waals surface area contributed by atoms with Gasteiger partial charge in [0.15, 0.2) is 0 Å². The van der Waals surface area contributed by atoms with Gasteiger partial charge in [-0.2, -0.15) is 4.98 Å². The van der Waals surface area contributed by atoms with Gasteiger partial charge in [0.25, 0.3) is 0 Å². The number of hydrogen-bond donors (Lipinski definition) is 2. The topological polar surface area (TPSA) is 89.5 Å². The SMILES string of the molecule is CC(C)CC1CN(C)C(=O)C2Cc3cnc(Nc4ccc(N5CCNCC5)cn4)nc3N12. The highest BCUT2D eigenvalue weighted by atomic mass is 16.2. The molecular formula is C23H32N8O. The second-order valence-corrected chi connectivity index (χ2v) is 9.44. The third-order valence-corrected chi connectivity index (χ3v) is 6.59. The van der Waals surface area contributed by atoms with Gasteiger partial charge in [-0.15, -0.1) is 0 Å². The summed E-state index contributed by atoms with van der Waals surface area (Å²) in [6.07, 6.45) is 5.45. The van der Waals surface area contributed by atoms with E-state index in [2.05, 4.69) is 50.3 Å². The molecule has 0 aliphatic carbocycles. The van der Waals surface area contributed by atoms with Crippen LogP contribution in [0.3, 0.4) is 0 Å². The lowest BCUT2D eigenvalue weighted by Gasteiger charge is -2.43. The van der Waals surface area contributed by atoms with Crippen LogP contribution in [0.25, 0.3) is 0 Å². The van der Waals surface area contributed by atoms with Crippen LogP contribution in [0.2, 0.25) is 0 Å². The molecule has 0 bridgehead atoms. The fourth-order valence-electron chi connectivity index (χ4n) is 5.08. The molecule has 5 heterocycles. The summed E-state index contributed by atoms with van der Waals surface area (Å²) in [7, 11) is 1.91. The largest absolute Gasteiger partial charge is 0.368 e. The van der Waals surface area contributed by atoms with Gasteiger partial charge < -0.3 is 25.3 Å². The zero-order valence-corrected chi connectivity index (χ0v) is 19.1. The second kappa shape index (κ2) is 8.54. The van der Waals surface area contributed by atoms with Crippen molar-refractivity contribution in [2.45, 2.75) is 38.8 Å². The van der Waals surface area contributed by atoms with Crippen LogP contribution in [0, 0.1) is 5.92 Å². The molecule has 3 aliphatic heterocycles. The molecule has 0 spiro atoms. The van der Waals surface area contributed by atoms with Crippen molar-refractivity contribution in [3.8, 4) is 0 Å². The van der Waals surface area contributed by atoms with Crippen LogP contribution < -0.4 is 20.4 Å². The van der Waals surface area contributed by atoms with Crippen molar-refractivity contribution in [3.63, 3.8) is 0 Å². The van der Waals surface area contributed by atoms with Crippen LogP contribution in [0.1, 0.15) is 25.8 Å². The van der Waals surface area contributed by atoms with Crippen molar-refractivity contribution in [2.75, 3.05) is 54.9 Å². The van der Waals surface area contributed by atoms with Crippen molar-refractivity contribution in [1.29, 1.82) is 0 Å². The molecule has 2 fully saturated rings. The summed E-state index contributed by atoms with van der Waals surface area (Å²) >= 11 is 0. The van der Waals surface area contributed by atoms with Gasteiger partial charge >= 0.3 is 0 Å². The smallest absolute Gasteiger partial charge is 0.245 e. The molecule has 1 amide bonds. The summed E-state index contributed by atoms with van der Waals surface area (Å²) in [4.78, 5) is 33.2. The Bertz CT molecular complexity index is 972. The molecule has 3 aliphatic rings. The first-order valence-corrected chi connectivity index (χ1v) is 11.6. The lowest BCUT2D eigenvalue weighted by Crippen LogP contribution is -2.60. The molecule has 9 nitrogen and oxygen atoms in total. The first kappa shape index (κ1) is 20.9. The number of amides is 1. The van der Waals surface area contributed by atoms with Gasteiger partial charge in [-0.05, 0) is 24.5 Å². The van der Waals surface area contributed by atoms with Gasteiger partial charge in [0, 0.05) is 64.0 Å². The molecule has 2 aromatic rings. The van der Waals surface area contributed by atoms with E-state index in [1.165, 1.54) is 0 Å². The molecular weight excluding hydrogens is 404 g/mol. The molecule has 9 heteroatoms. The van der Waals surface area contributed by atoms with Crippen LogP contribution in [0.15, 0.2) is 24.5 Å². The van der Waals surface area contributed by atoms with Gasteiger partial charge in [-0.3, -0.25) is 4.79 Å². The standard InChI is InChI=1S/C23H32N8O/c1-15(2)10-18-14-29(3)22(32)19-11-16-12-26-23(28-21(16)31(18)19)27-20-5-4-17(13-25-20)30-8-6-24-7-9-30/h4-5,12-13,15,18-19,24H,6-11,14H2,1-3H3,(H,25,26,27,28). The number of piperazine rings is 2. The van der Waals surface area contributed by atoms with E-state index in [0.717, 1.165) is 56.2 Å². The van der Waals surface area contributed by atoms with E-state index >= 15 is 0 Å². The molecule has 32 heavy (non-hydrogen) atoms. The Morgan fingerprint density at radius 2 is 2.00 bits per heavy atom. The van der Waals surface area contributed by atoms with Crippen molar-refractivity contribution in [1.82, 2.24) is 25.2 Å². The Kier molecular flexibility index (Phi) is 5.58. The number of anilines is 4. The number of carbonyl (C=O) groups excluding carboxylic acids is 1. The Hall–Kier alpha value is -2.94. The van der Waals surface area contributed by atoms with Crippen molar-refractivity contribution >= 4 is 29.2 Å². The first-order valence-electron chi connectivity index (χ1n) is 11.6. The minimum absolute atomic E-state index is 0.169. The normalized spacial score (nSPS) is 22.9.